The van der Waals surface area contributed by atoms with Crippen molar-refractivity contribution in [2.24, 2.45) is 16.2 Å². The molecule has 0 spiro atoms. The number of carbonyl (C=O) groups excluding carboxylic acids is 5. The van der Waals surface area contributed by atoms with Gasteiger partial charge in [0.05, 0.1) is 33.0 Å². The van der Waals surface area contributed by atoms with Gasteiger partial charge in [0.15, 0.2) is 0 Å². The van der Waals surface area contributed by atoms with Gasteiger partial charge in [-0.15, -0.1) is 7.92 Å². The summed E-state index contributed by atoms with van der Waals surface area (Å²) in [6.45, 7) is 18.6. The first-order valence-electron chi connectivity index (χ1n) is 29.5. The van der Waals surface area contributed by atoms with Gasteiger partial charge in [0.2, 0.25) is 0 Å². The second kappa shape index (κ2) is 40.1. The molecule has 2 aliphatic rings. The van der Waals surface area contributed by atoms with E-state index >= 15 is 0 Å². The van der Waals surface area contributed by atoms with Crippen LogP contribution in [0.3, 0.4) is 0 Å². The summed E-state index contributed by atoms with van der Waals surface area (Å²) in [6.07, 6.45) is 36.2. The van der Waals surface area contributed by atoms with Crippen LogP contribution in [0, 0.1) is 16.2 Å². The van der Waals surface area contributed by atoms with E-state index in [2.05, 4.69) is 46.4 Å². The Morgan fingerprint density at radius 1 is 0.380 bits per heavy atom. The van der Waals surface area contributed by atoms with E-state index in [-0.39, 0.29) is 54.0 Å². The van der Waals surface area contributed by atoms with E-state index in [0.29, 0.717) is 90.8 Å². The fourth-order valence-corrected chi connectivity index (χ4v) is 16.0. The molecule has 2 aliphatic heterocycles. The van der Waals surface area contributed by atoms with Gasteiger partial charge < -0.3 is 28.6 Å². The molecule has 0 saturated carbocycles. The lowest BCUT2D eigenvalue weighted by atomic mass is 9.62. The molecule has 2 heterocycles. The molecular formula is C59H108NO10P. The maximum absolute atomic E-state index is 12.8. The van der Waals surface area contributed by atoms with Gasteiger partial charge >= 0.3 is 29.8 Å². The highest BCUT2D eigenvalue weighted by Crippen LogP contribution is 2.68. The summed E-state index contributed by atoms with van der Waals surface area (Å²) >= 11 is 0. The second-order valence-corrected chi connectivity index (χ2v) is 24.8. The number of ether oxygens (including phenoxy) is 5. The quantitative estimate of drug-likeness (QED) is 0.0250. The summed E-state index contributed by atoms with van der Waals surface area (Å²) in [6, 6.07) is 0. The van der Waals surface area contributed by atoms with E-state index in [1.54, 1.807) is 0 Å². The van der Waals surface area contributed by atoms with Crippen LogP contribution >= 0.6 is 7.92 Å². The van der Waals surface area contributed by atoms with Crippen molar-refractivity contribution in [3.63, 3.8) is 0 Å². The van der Waals surface area contributed by atoms with Crippen LogP contribution in [0.2, 0.25) is 0 Å². The molecule has 2 rings (SSSR count). The molecule has 0 aromatic heterocycles. The maximum atomic E-state index is 12.8. The number of fused-ring (bicyclic) bond motifs is 2. The van der Waals surface area contributed by atoms with E-state index in [1.165, 1.54) is 95.5 Å². The summed E-state index contributed by atoms with van der Waals surface area (Å²) < 4.78 is 28.1. The van der Waals surface area contributed by atoms with Gasteiger partial charge in [-0.05, 0) is 151 Å². The number of carbonyl (C=O) groups is 5. The molecule has 71 heavy (non-hydrogen) atoms. The van der Waals surface area contributed by atoms with Gasteiger partial charge in [-0.3, -0.25) is 24.0 Å². The van der Waals surface area contributed by atoms with Gasteiger partial charge in [0, 0.05) is 32.1 Å². The average Bonchev–Trinajstić information content (AvgIpc) is 3.33. The number of rotatable bonds is 46. The lowest BCUT2D eigenvalue weighted by Crippen LogP contribution is -2.48. The zero-order valence-electron chi connectivity index (χ0n) is 46.8. The largest absolute Gasteiger partial charge is 0.466 e. The molecule has 2 bridgehead atoms. The highest BCUT2D eigenvalue weighted by atomic mass is 31.1. The predicted molar refractivity (Wildman–Crippen MR) is 291 cm³/mol. The lowest BCUT2D eigenvalue weighted by molar-refractivity contribution is -0.146. The highest BCUT2D eigenvalue weighted by molar-refractivity contribution is 7.58. The van der Waals surface area contributed by atoms with Crippen molar-refractivity contribution in [2.75, 3.05) is 71.2 Å². The SMILES string of the molecule is CCCCCCCCCCC(=O)OCCCCC(=O)OCCCC1(C)CP2CC(C)(CCCOC(=O)CCCN(CC)CC)CC(CCCOC(=O)CCCCOC(=O)CCCCCCCCCC)(C2)C1. The Labute approximate surface area is 436 Å². The number of hydrogen-bond acceptors (Lipinski definition) is 11. The lowest BCUT2D eigenvalue weighted by Gasteiger charge is -2.58. The Kier molecular flexibility index (Phi) is 36.6. The molecule has 2 saturated heterocycles. The molecule has 4 atom stereocenters. The van der Waals surface area contributed by atoms with Crippen LogP contribution in [0.1, 0.15) is 260 Å². The maximum Gasteiger partial charge on any atom is 0.305 e. The minimum Gasteiger partial charge on any atom is -0.466 e. The van der Waals surface area contributed by atoms with Crippen molar-refractivity contribution in [3.8, 4) is 0 Å². The van der Waals surface area contributed by atoms with Crippen molar-refractivity contribution < 1.29 is 47.7 Å². The van der Waals surface area contributed by atoms with E-state index in [1.807, 2.05) is 0 Å². The molecule has 12 heteroatoms. The molecule has 0 aromatic rings. The zero-order chi connectivity index (χ0) is 51.9. The van der Waals surface area contributed by atoms with Crippen LogP contribution in [0.15, 0.2) is 0 Å². The standard InChI is InChI=1S/C59H108NO10P/c1-7-11-13-15-17-19-21-23-33-52(61)66-42-27-25-35-54(63)68-44-30-38-57(5)47-59(40-32-46-70-55(64)36-26-28-43-67-53(62)34-24-22-20-18-16-14-12-8-2)48-58(6,50-71(49-57)51-59)39-31-45-69-56(65)37-29-41-60(9-3)10-4/h7-51H2,1-6H3. The van der Waals surface area contributed by atoms with Crippen LogP contribution in [0.5, 0.6) is 0 Å². The summed E-state index contributed by atoms with van der Waals surface area (Å²) in [5, 5.41) is 0. The molecule has 0 aliphatic carbocycles. The van der Waals surface area contributed by atoms with Gasteiger partial charge in [-0.2, -0.15) is 0 Å². The third kappa shape index (κ3) is 32.6. The van der Waals surface area contributed by atoms with Crippen LogP contribution in [0.25, 0.3) is 0 Å². The zero-order valence-corrected chi connectivity index (χ0v) is 47.7. The molecule has 2 fully saturated rings. The number of esters is 5. The van der Waals surface area contributed by atoms with E-state index in [4.69, 9.17) is 23.7 Å². The van der Waals surface area contributed by atoms with Gasteiger partial charge in [-0.1, -0.05) is 131 Å². The first-order chi connectivity index (χ1) is 34.3. The van der Waals surface area contributed by atoms with Crippen LogP contribution in [-0.2, 0) is 47.7 Å². The summed E-state index contributed by atoms with van der Waals surface area (Å²) in [5.41, 5.74) is 0.492. The van der Waals surface area contributed by atoms with Crippen LogP contribution in [-0.4, -0.2) is 106 Å². The average molecular weight is 1020 g/mol. The smallest absolute Gasteiger partial charge is 0.305 e. The highest BCUT2D eigenvalue weighted by Gasteiger charge is 2.52. The van der Waals surface area contributed by atoms with Crippen LogP contribution < -0.4 is 0 Å². The third-order valence-electron chi connectivity index (χ3n) is 15.2. The normalized spacial score (nSPS) is 20.7. The summed E-state index contributed by atoms with van der Waals surface area (Å²) in [7, 11) is -0.214. The fourth-order valence-electron chi connectivity index (χ4n) is 11.7. The number of nitrogens with zero attached hydrogens (tertiary/aromatic N) is 1. The molecule has 0 aromatic carbocycles. The van der Waals surface area contributed by atoms with Crippen molar-refractivity contribution in [3.05, 3.63) is 0 Å². The Morgan fingerprint density at radius 3 is 1.06 bits per heavy atom. The Morgan fingerprint density at radius 2 is 0.690 bits per heavy atom. The molecule has 0 radical (unpaired) electrons. The molecular weight excluding hydrogens is 914 g/mol. The third-order valence-corrected chi connectivity index (χ3v) is 18.7. The van der Waals surface area contributed by atoms with Gasteiger partial charge in [0.25, 0.3) is 0 Å². The van der Waals surface area contributed by atoms with Crippen molar-refractivity contribution in [2.45, 2.75) is 260 Å². The molecule has 0 N–H and O–H groups in total. The molecule has 4 unspecified atom stereocenters. The first-order valence-corrected chi connectivity index (χ1v) is 31.4. The molecule has 0 amide bonds. The number of unbranched alkanes of at least 4 members (excludes halogenated alkanes) is 16. The Hall–Kier alpha value is -2.26. The molecule has 414 valence electrons. The Bertz CT molecular complexity index is 1420. The topological polar surface area (TPSA) is 135 Å². The first kappa shape index (κ1) is 64.9. The predicted octanol–water partition coefficient (Wildman–Crippen LogP) is 14.9. The van der Waals surface area contributed by atoms with Gasteiger partial charge in [-0.25, -0.2) is 0 Å². The minimum atomic E-state index is -0.214. The van der Waals surface area contributed by atoms with E-state index < -0.39 is 0 Å². The van der Waals surface area contributed by atoms with Crippen molar-refractivity contribution in [1.82, 2.24) is 4.90 Å². The van der Waals surface area contributed by atoms with Crippen molar-refractivity contribution >= 4 is 37.8 Å². The van der Waals surface area contributed by atoms with Crippen molar-refractivity contribution in [1.29, 1.82) is 0 Å². The molecule has 11 nitrogen and oxygen atoms in total. The summed E-state index contributed by atoms with van der Waals surface area (Å²) in [4.78, 5) is 64.6. The number of hydrogen-bond donors (Lipinski definition) is 0. The Balaban J connectivity index is 1.79. The fraction of sp³-hybridized carbons (Fsp3) is 0.915. The minimum absolute atomic E-state index is 0.0884. The second-order valence-electron chi connectivity index (χ2n) is 22.5. The van der Waals surface area contributed by atoms with E-state index in [9.17, 15) is 24.0 Å². The van der Waals surface area contributed by atoms with Gasteiger partial charge in [0.1, 0.15) is 0 Å². The summed E-state index contributed by atoms with van der Waals surface area (Å²) in [5.74, 6) is -0.708. The monoisotopic (exact) mass is 1020 g/mol. The van der Waals surface area contributed by atoms with E-state index in [0.717, 1.165) is 103 Å². The van der Waals surface area contributed by atoms with Crippen LogP contribution in [0.4, 0.5) is 0 Å².